The molecule has 0 radical (unpaired) electrons. The van der Waals surface area contributed by atoms with E-state index >= 15 is 0 Å². The first-order chi connectivity index (χ1) is 15.7. The molecule has 3 amide bonds. The molecule has 2 aromatic rings. The first-order valence-corrected chi connectivity index (χ1v) is 12.8. The SMILES string of the molecule is Cc1cc(N2CC(C)(NC(=O)Oc3ccc(Br)s3)C(C)C2=O)ccc1N1CCCCCC1=O. The number of halogens is 1. The van der Waals surface area contributed by atoms with Gasteiger partial charge in [0.1, 0.15) is 0 Å². The Bertz CT molecular complexity index is 1090. The van der Waals surface area contributed by atoms with Crippen molar-refractivity contribution in [3.8, 4) is 5.06 Å². The highest BCUT2D eigenvalue weighted by Gasteiger charge is 2.48. The van der Waals surface area contributed by atoms with Gasteiger partial charge in [0.2, 0.25) is 11.8 Å². The summed E-state index contributed by atoms with van der Waals surface area (Å²) in [5.41, 5.74) is 1.83. The van der Waals surface area contributed by atoms with Crippen LogP contribution in [0, 0.1) is 12.8 Å². The van der Waals surface area contributed by atoms with Gasteiger partial charge in [-0.15, -0.1) is 0 Å². The number of hydrogen-bond donors (Lipinski definition) is 1. The van der Waals surface area contributed by atoms with E-state index in [-0.39, 0.29) is 11.8 Å². The molecule has 2 aliphatic heterocycles. The second kappa shape index (κ2) is 9.46. The van der Waals surface area contributed by atoms with E-state index in [0.29, 0.717) is 18.0 Å². The van der Waals surface area contributed by atoms with Gasteiger partial charge in [-0.3, -0.25) is 9.59 Å². The molecular formula is C24H28BrN3O4S. The Balaban J connectivity index is 1.50. The lowest BCUT2D eigenvalue weighted by Gasteiger charge is -2.28. The summed E-state index contributed by atoms with van der Waals surface area (Å²) in [5.74, 6) is -0.329. The lowest BCUT2D eigenvalue weighted by atomic mass is 9.90. The molecule has 2 saturated heterocycles. The molecule has 9 heteroatoms. The van der Waals surface area contributed by atoms with Crippen molar-refractivity contribution in [1.29, 1.82) is 0 Å². The number of anilines is 2. The molecule has 3 heterocycles. The van der Waals surface area contributed by atoms with E-state index in [0.717, 1.165) is 46.5 Å². The lowest BCUT2D eigenvalue weighted by Crippen LogP contribution is -2.52. The molecule has 2 aliphatic rings. The van der Waals surface area contributed by atoms with Crippen LogP contribution in [0.5, 0.6) is 5.06 Å². The van der Waals surface area contributed by atoms with Gasteiger partial charge in [-0.25, -0.2) is 4.79 Å². The van der Waals surface area contributed by atoms with Gasteiger partial charge in [-0.1, -0.05) is 24.7 Å². The molecule has 0 aliphatic carbocycles. The van der Waals surface area contributed by atoms with Crippen LogP contribution in [0.4, 0.5) is 16.2 Å². The second-order valence-corrected chi connectivity index (χ2v) is 11.4. The maximum absolute atomic E-state index is 13.1. The molecule has 1 aromatic carbocycles. The zero-order valence-electron chi connectivity index (χ0n) is 19.0. The van der Waals surface area contributed by atoms with Crippen LogP contribution in [0.1, 0.15) is 45.1 Å². The quantitative estimate of drug-likeness (QED) is 0.581. The third kappa shape index (κ3) is 4.94. The van der Waals surface area contributed by atoms with Gasteiger partial charge in [-0.05, 0) is 78.5 Å². The minimum absolute atomic E-state index is 0.0605. The number of ether oxygens (including phenoxy) is 1. The second-order valence-electron chi connectivity index (χ2n) is 8.96. The maximum atomic E-state index is 13.1. The Labute approximate surface area is 206 Å². The molecular weight excluding hydrogens is 506 g/mol. The number of aryl methyl sites for hydroxylation is 1. The normalized spacial score (nSPS) is 23.6. The van der Waals surface area contributed by atoms with Crippen molar-refractivity contribution in [3.05, 3.63) is 39.7 Å². The van der Waals surface area contributed by atoms with Crippen LogP contribution in [0.25, 0.3) is 0 Å². The van der Waals surface area contributed by atoms with Gasteiger partial charge in [0.05, 0.1) is 15.2 Å². The van der Waals surface area contributed by atoms with Crippen LogP contribution < -0.4 is 19.9 Å². The summed E-state index contributed by atoms with van der Waals surface area (Å²) in [6.07, 6.45) is 2.99. The fourth-order valence-corrected chi connectivity index (χ4v) is 5.66. The lowest BCUT2D eigenvalue weighted by molar-refractivity contribution is -0.121. The van der Waals surface area contributed by atoms with Crippen molar-refractivity contribution >= 4 is 56.5 Å². The summed E-state index contributed by atoms with van der Waals surface area (Å²) in [7, 11) is 0. The number of hydrogen-bond acceptors (Lipinski definition) is 5. The van der Waals surface area contributed by atoms with Crippen LogP contribution >= 0.6 is 27.3 Å². The molecule has 7 nitrogen and oxygen atoms in total. The third-order valence-corrected chi connectivity index (χ3v) is 8.07. The Morgan fingerprint density at radius 3 is 2.67 bits per heavy atom. The molecule has 2 atom stereocenters. The van der Waals surface area contributed by atoms with Crippen LogP contribution in [-0.2, 0) is 9.59 Å². The maximum Gasteiger partial charge on any atom is 0.413 e. The fourth-order valence-electron chi connectivity index (χ4n) is 4.47. The summed E-state index contributed by atoms with van der Waals surface area (Å²) in [6.45, 7) is 6.70. The Morgan fingerprint density at radius 2 is 1.97 bits per heavy atom. The zero-order chi connectivity index (χ0) is 23.8. The number of thiophene rings is 1. The molecule has 0 bridgehead atoms. The predicted molar refractivity (Wildman–Crippen MR) is 133 cm³/mol. The van der Waals surface area contributed by atoms with Crippen molar-refractivity contribution in [3.63, 3.8) is 0 Å². The largest absolute Gasteiger partial charge is 0.413 e. The molecule has 0 spiro atoms. The highest BCUT2D eigenvalue weighted by Crippen LogP contribution is 2.36. The van der Waals surface area contributed by atoms with E-state index in [9.17, 15) is 14.4 Å². The predicted octanol–water partition coefficient (Wildman–Crippen LogP) is 5.26. The summed E-state index contributed by atoms with van der Waals surface area (Å²) >= 11 is 4.67. The number of rotatable bonds is 4. The minimum atomic E-state index is -0.782. The van der Waals surface area contributed by atoms with Crippen LogP contribution in [-0.4, -0.2) is 36.5 Å². The molecule has 1 N–H and O–H groups in total. The van der Waals surface area contributed by atoms with Gasteiger partial charge in [0.15, 0.2) is 5.06 Å². The highest BCUT2D eigenvalue weighted by molar-refractivity contribution is 9.11. The zero-order valence-corrected chi connectivity index (χ0v) is 21.4. The first kappa shape index (κ1) is 23.8. The van der Waals surface area contributed by atoms with Crippen molar-refractivity contribution in [2.75, 3.05) is 22.9 Å². The topological polar surface area (TPSA) is 79.0 Å². The molecule has 2 fully saturated rings. The van der Waals surface area contributed by atoms with Crippen molar-refractivity contribution in [2.24, 2.45) is 5.92 Å². The van der Waals surface area contributed by atoms with E-state index < -0.39 is 17.6 Å². The average Bonchev–Trinajstić information content (AvgIpc) is 3.16. The highest BCUT2D eigenvalue weighted by atomic mass is 79.9. The van der Waals surface area contributed by atoms with Crippen molar-refractivity contribution in [1.82, 2.24) is 5.32 Å². The fraction of sp³-hybridized carbons (Fsp3) is 0.458. The molecule has 1 aromatic heterocycles. The number of benzene rings is 1. The molecule has 176 valence electrons. The van der Waals surface area contributed by atoms with Gasteiger partial charge in [-0.2, -0.15) is 0 Å². The van der Waals surface area contributed by atoms with Crippen LogP contribution in [0.15, 0.2) is 34.1 Å². The van der Waals surface area contributed by atoms with Gasteiger partial charge in [0.25, 0.3) is 0 Å². The standard InChI is InChI=1S/C24H28BrN3O4S/c1-15-13-17(8-9-18(15)27-12-6-4-5-7-20(27)29)28-14-24(3,16(2)22(28)30)26-23(31)32-21-11-10-19(25)33-21/h8-11,13,16H,4-7,12,14H2,1-3H3,(H,26,31). The van der Waals surface area contributed by atoms with E-state index in [4.69, 9.17) is 4.74 Å². The summed E-state index contributed by atoms with van der Waals surface area (Å²) < 4.78 is 6.25. The molecule has 33 heavy (non-hydrogen) atoms. The number of amides is 3. The van der Waals surface area contributed by atoms with Crippen LogP contribution in [0.3, 0.4) is 0 Å². The Hall–Kier alpha value is -2.39. The van der Waals surface area contributed by atoms with Crippen molar-refractivity contribution in [2.45, 2.75) is 52.0 Å². The minimum Gasteiger partial charge on any atom is -0.399 e. The van der Waals surface area contributed by atoms with Gasteiger partial charge < -0.3 is 19.9 Å². The monoisotopic (exact) mass is 533 g/mol. The van der Waals surface area contributed by atoms with E-state index in [1.807, 2.05) is 49.9 Å². The average molecular weight is 534 g/mol. The third-order valence-electron chi connectivity index (χ3n) is 6.56. The molecule has 0 saturated carbocycles. The Kier molecular flexibility index (Phi) is 6.81. The number of nitrogens with zero attached hydrogens (tertiary/aromatic N) is 2. The van der Waals surface area contributed by atoms with Gasteiger partial charge in [0, 0.05) is 30.9 Å². The molecule has 4 rings (SSSR count). The van der Waals surface area contributed by atoms with E-state index in [1.165, 1.54) is 11.3 Å². The number of carbonyl (C=O) groups excluding carboxylic acids is 3. The van der Waals surface area contributed by atoms with Gasteiger partial charge >= 0.3 is 6.09 Å². The van der Waals surface area contributed by atoms with Crippen molar-refractivity contribution < 1.29 is 19.1 Å². The number of carbonyl (C=O) groups is 3. The summed E-state index contributed by atoms with van der Waals surface area (Å²) in [6, 6.07) is 9.29. The Morgan fingerprint density at radius 1 is 1.18 bits per heavy atom. The summed E-state index contributed by atoms with van der Waals surface area (Å²) in [4.78, 5) is 41.7. The van der Waals surface area contributed by atoms with E-state index in [1.54, 1.807) is 11.0 Å². The van der Waals surface area contributed by atoms with E-state index in [2.05, 4.69) is 21.2 Å². The summed E-state index contributed by atoms with van der Waals surface area (Å²) in [5, 5.41) is 3.38. The molecule has 2 unspecified atom stereocenters. The smallest absolute Gasteiger partial charge is 0.399 e. The number of nitrogens with one attached hydrogen (secondary N) is 1. The van der Waals surface area contributed by atoms with Crippen LogP contribution in [0.2, 0.25) is 0 Å². The first-order valence-electron chi connectivity index (χ1n) is 11.2.